The van der Waals surface area contributed by atoms with Crippen LogP contribution in [0.4, 0.5) is 0 Å². The van der Waals surface area contributed by atoms with Crippen LogP contribution in [0.15, 0.2) is 67.0 Å². The molecule has 2 atom stereocenters. The number of hydrogen-bond donors (Lipinski definition) is 1. The number of carboxylic acids is 1. The molecule has 0 amide bonds. The van der Waals surface area contributed by atoms with Gasteiger partial charge in [0.2, 0.25) is 0 Å². The Hall–Kier alpha value is -3.58. The molecular weight excluding hydrogens is 438 g/mol. The molecule has 5 rings (SSSR count). The summed E-state index contributed by atoms with van der Waals surface area (Å²) in [6, 6.07) is 18.3. The fourth-order valence-electron chi connectivity index (χ4n) is 5.09. The van der Waals surface area contributed by atoms with E-state index in [2.05, 4.69) is 33.2 Å². The second kappa shape index (κ2) is 10.4. The summed E-state index contributed by atoms with van der Waals surface area (Å²) in [4.78, 5) is 23.2. The minimum Gasteiger partial charge on any atom is -0.481 e. The Bertz CT molecular complexity index is 1320. The normalized spacial score (nSPS) is 17.1. The van der Waals surface area contributed by atoms with Crippen LogP contribution in [-0.4, -0.2) is 55.4 Å². The van der Waals surface area contributed by atoms with Crippen molar-refractivity contribution in [3.05, 3.63) is 83.9 Å². The number of carboxylic acid groups (broad SMARTS) is 1. The average Bonchev–Trinajstić information content (AvgIpc) is 3.51. The molecule has 0 saturated carbocycles. The average molecular weight is 470 g/mol. The minimum absolute atomic E-state index is 0.0592. The molecule has 1 saturated heterocycles. The van der Waals surface area contributed by atoms with E-state index in [4.69, 9.17) is 4.98 Å². The molecule has 1 aliphatic heterocycles. The third-order valence-electron chi connectivity index (χ3n) is 6.93. The summed E-state index contributed by atoms with van der Waals surface area (Å²) >= 11 is 0. The first-order chi connectivity index (χ1) is 17.0. The van der Waals surface area contributed by atoms with Gasteiger partial charge >= 0.3 is 5.97 Å². The number of likely N-dealkylation sites (tertiary alicyclic amines) is 1. The highest BCUT2D eigenvalue weighted by Crippen LogP contribution is 2.28. The van der Waals surface area contributed by atoms with Crippen molar-refractivity contribution in [1.82, 2.24) is 24.6 Å². The van der Waals surface area contributed by atoms with Gasteiger partial charge < -0.3 is 10.0 Å². The number of rotatable bonds is 9. The third kappa shape index (κ3) is 5.74. The monoisotopic (exact) mass is 469 g/mol. The Balaban J connectivity index is 1.22. The van der Waals surface area contributed by atoms with Crippen molar-refractivity contribution in [2.75, 3.05) is 19.6 Å². The van der Waals surface area contributed by atoms with E-state index < -0.39 is 5.97 Å². The lowest BCUT2D eigenvalue weighted by Gasteiger charge is -2.23. The van der Waals surface area contributed by atoms with Gasteiger partial charge in [-0.1, -0.05) is 12.1 Å². The van der Waals surface area contributed by atoms with Crippen LogP contribution in [0.25, 0.3) is 16.7 Å². The molecule has 0 radical (unpaired) electrons. The first kappa shape index (κ1) is 23.2. The van der Waals surface area contributed by atoms with Gasteiger partial charge in [-0.05, 0) is 86.7 Å². The van der Waals surface area contributed by atoms with Gasteiger partial charge in [0.25, 0.3) is 0 Å². The smallest absolute Gasteiger partial charge is 0.304 e. The molecule has 1 N–H and O–H groups in total. The summed E-state index contributed by atoms with van der Waals surface area (Å²) < 4.78 is 1.85. The highest BCUT2D eigenvalue weighted by atomic mass is 16.4. The molecule has 35 heavy (non-hydrogen) atoms. The van der Waals surface area contributed by atoms with Crippen LogP contribution in [0, 0.1) is 12.8 Å². The van der Waals surface area contributed by atoms with Gasteiger partial charge in [0.15, 0.2) is 5.65 Å². The highest BCUT2D eigenvalue weighted by Gasteiger charge is 2.26. The quantitative estimate of drug-likeness (QED) is 0.385. The molecule has 7 nitrogen and oxygen atoms in total. The van der Waals surface area contributed by atoms with Crippen LogP contribution in [0.2, 0.25) is 0 Å². The van der Waals surface area contributed by atoms with Crippen LogP contribution >= 0.6 is 0 Å². The number of aromatic nitrogens is 4. The molecular formula is C28H31N5O2. The van der Waals surface area contributed by atoms with E-state index in [1.54, 1.807) is 6.20 Å². The number of fused-ring (bicyclic) bond motifs is 1. The van der Waals surface area contributed by atoms with Crippen molar-refractivity contribution >= 4 is 17.0 Å². The van der Waals surface area contributed by atoms with Crippen LogP contribution in [-0.2, 0) is 11.2 Å². The Labute approximate surface area is 205 Å². The van der Waals surface area contributed by atoms with Crippen LogP contribution in [0.1, 0.15) is 42.1 Å². The summed E-state index contributed by atoms with van der Waals surface area (Å²) in [5.74, 6) is -0.224. The van der Waals surface area contributed by atoms with Gasteiger partial charge in [-0.25, -0.2) is 14.6 Å². The molecule has 7 heteroatoms. The molecule has 1 aliphatic rings. The topological polar surface area (TPSA) is 84.1 Å². The van der Waals surface area contributed by atoms with E-state index in [9.17, 15) is 9.90 Å². The predicted octanol–water partition coefficient (Wildman–Crippen LogP) is 4.64. The largest absolute Gasteiger partial charge is 0.481 e. The van der Waals surface area contributed by atoms with Gasteiger partial charge in [0.1, 0.15) is 0 Å². The molecule has 1 aromatic carbocycles. The van der Waals surface area contributed by atoms with Gasteiger partial charge in [-0.2, -0.15) is 5.10 Å². The number of pyridine rings is 2. The van der Waals surface area contributed by atoms with Crippen LogP contribution < -0.4 is 0 Å². The number of nitrogens with zero attached hydrogens (tertiary/aromatic N) is 5. The Morgan fingerprint density at radius 2 is 2.09 bits per heavy atom. The van der Waals surface area contributed by atoms with E-state index >= 15 is 0 Å². The van der Waals surface area contributed by atoms with Gasteiger partial charge in [-0.3, -0.25) is 4.79 Å². The zero-order valence-corrected chi connectivity index (χ0v) is 20.0. The Morgan fingerprint density at radius 1 is 1.17 bits per heavy atom. The number of benzene rings is 1. The second-order valence-electron chi connectivity index (χ2n) is 9.60. The molecule has 1 fully saturated rings. The van der Waals surface area contributed by atoms with E-state index in [1.165, 1.54) is 0 Å². The lowest BCUT2D eigenvalue weighted by molar-refractivity contribution is -0.137. The molecule has 3 aromatic heterocycles. The molecule has 1 unspecified atom stereocenters. The van der Waals surface area contributed by atoms with Crippen molar-refractivity contribution in [3.63, 3.8) is 0 Å². The first-order valence-electron chi connectivity index (χ1n) is 12.3. The summed E-state index contributed by atoms with van der Waals surface area (Å²) in [6.07, 6.45) is 7.00. The minimum atomic E-state index is -0.762. The molecule has 4 heterocycles. The summed E-state index contributed by atoms with van der Waals surface area (Å²) in [5, 5.41) is 15.2. The first-order valence-corrected chi connectivity index (χ1v) is 12.3. The van der Waals surface area contributed by atoms with Crippen molar-refractivity contribution < 1.29 is 9.90 Å². The van der Waals surface area contributed by atoms with Crippen molar-refractivity contribution in [1.29, 1.82) is 0 Å². The molecule has 0 aliphatic carbocycles. The lowest BCUT2D eigenvalue weighted by atomic mass is 9.94. The van der Waals surface area contributed by atoms with E-state index in [0.29, 0.717) is 5.92 Å². The highest BCUT2D eigenvalue weighted by molar-refractivity contribution is 5.74. The maximum Gasteiger partial charge on any atom is 0.304 e. The molecule has 0 bridgehead atoms. The zero-order chi connectivity index (χ0) is 24.2. The summed E-state index contributed by atoms with van der Waals surface area (Å²) in [5.41, 5.74) is 4.86. The van der Waals surface area contributed by atoms with Crippen LogP contribution in [0.5, 0.6) is 0 Å². The van der Waals surface area contributed by atoms with Crippen molar-refractivity contribution in [2.45, 2.75) is 38.5 Å². The van der Waals surface area contributed by atoms with Crippen molar-refractivity contribution in [2.24, 2.45) is 5.92 Å². The van der Waals surface area contributed by atoms with Gasteiger partial charge in [0, 0.05) is 42.5 Å². The fourth-order valence-corrected chi connectivity index (χ4v) is 5.09. The second-order valence-corrected chi connectivity index (χ2v) is 9.60. The zero-order valence-electron chi connectivity index (χ0n) is 20.0. The van der Waals surface area contributed by atoms with E-state index in [-0.39, 0.29) is 12.3 Å². The number of aliphatic carboxylic acids is 1. The van der Waals surface area contributed by atoms with E-state index in [1.807, 2.05) is 54.2 Å². The Morgan fingerprint density at radius 3 is 2.91 bits per heavy atom. The number of aryl methyl sites for hydroxylation is 2. The van der Waals surface area contributed by atoms with Gasteiger partial charge in [0.05, 0.1) is 17.8 Å². The Kier molecular flexibility index (Phi) is 6.86. The molecule has 180 valence electrons. The van der Waals surface area contributed by atoms with Gasteiger partial charge in [-0.15, -0.1) is 0 Å². The number of carbonyl (C=O) groups is 1. The van der Waals surface area contributed by atoms with Crippen LogP contribution in [0.3, 0.4) is 0 Å². The maximum absolute atomic E-state index is 11.7. The standard InChI is InChI=1S/C28H31N5O2/c1-20-11-15-33(31-20)26-6-2-4-23(16-26)24(17-27(34)35)19-32-14-12-21(18-32)7-9-25-10-8-22-5-3-13-29-28(22)30-25/h2-6,8,10-11,13,15-16,21,24H,7,9,12,14,17-19H2,1H3,(H,34,35)/t21-,24?/m1/s1. The fraction of sp³-hybridized carbons (Fsp3) is 0.357. The predicted molar refractivity (Wildman–Crippen MR) is 136 cm³/mol. The third-order valence-corrected chi connectivity index (χ3v) is 6.93. The van der Waals surface area contributed by atoms with E-state index in [0.717, 1.165) is 72.6 Å². The lowest BCUT2D eigenvalue weighted by Crippen LogP contribution is -2.28. The summed E-state index contributed by atoms with van der Waals surface area (Å²) in [7, 11) is 0. The molecule has 4 aromatic rings. The SMILES string of the molecule is Cc1ccn(-c2cccc(C(CC(=O)O)CN3CC[C@@H](CCc4ccc5cccnc5n4)C3)c2)n1. The molecule has 0 spiro atoms. The summed E-state index contributed by atoms with van der Waals surface area (Å²) in [6.45, 7) is 4.72. The number of hydrogen-bond acceptors (Lipinski definition) is 5. The van der Waals surface area contributed by atoms with Crippen molar-refractivity contribution in [3.8, 4) is 5.69 Å². The maximum atomic E-state index is 11.7.